The number of halogens is 1. The Kier molecular flexibility index (Phi) is 4.59. The summed E-state index contributed by atoms with van der Waals surface area (Å²) in [5, 5.41) is 0. The molecule has 3 heteroatoms. The molecule has 28 heavy (non-hydrogen) atoms. The maximum Gasteiger partial charge on any atom is 0.123 e. The lowest BCUT2D eigenvalue weighted by Crippen LogP contribution is -2.30. The van der Waals surface area contributed by atoms with Crippen LogP contribution in [0.25, 0.3) is 17.2 Å². The highest BCUT2D eigenvalue weighted by Crippen LogP contribution is 2.47. The van der Waals surface area contributed by atoms with Crippen LogP contribution in [0.15, 0.2) is 65.6 Å². The molecule has 3 atom stereocenters. The molecule has 1 fully saturated rings. The highest BCUT2D eigenvalue weighted by atomic mass is 19.1. The highest BCUT2D eigenvalue weighted by Gasteiger charge is 2.37. The van der Waals surface area contributed by atoms with Gasteiger partial charge in [-0.2, -0.15) is 0 Å². The van der Waals surface area contributed by atoms with Crippen LogP contribution in [0, 0.1) is 17.7 Å². The van der Waals surface area contributed by atoms with Crippen LogP contribution in [0.3, 0.4) is 0 Å². The number of fused-ring (bicyclic) bond motifs is 2. The molecule has 0 bridgehead atoms. The number of hydrogen-bond donors (Lipinski definition) is 0. The molecule has 2 aromatic heterocycles. The Morgan fingerprint density at radius 2 is 1.96 bits per heavy atom. The fourth-order valence-corrected chi connectivity index (χ4v) is 5.06. The summed E-state index contributed by atoms with van der Waals surface area (Å²) in [6, 6.07) is 10.6. The minimum atomic E-state index is -0.225. The standard InChI is InChI=1S/C25H24FNO/c26-21-6-3-5-17(13-21)19-8-9-22(27-14-19)10-11-24-23-7-2-1-4-18(23)12-20-15-28-16-25(20)24/h3,5-6,8-11,13-16,18,23-24H,1-2,4,7,12H2/b11-10+. The number of rotatable bonds is 3. The third-order valence-electron chi connectivity index (χ3n) is 6.47. The van der Waals surface area contributed by atoms with E-state index in [2.05, 4.69) is 17.1 Å². The van der Waals surface area contributed by atoms with Gasteiger partial charge in [-0.3, -0.25) is 4.98 Å². The van der Waals surface area contributed by atoms with Crippen molar-refractivity contribution < 1.29 is 8.81 Å². The Balaban J connectivity index is 1.39. The van der Waals surface area contributed by atoms with Crippen molar-refractivity contribution in [3.63, 3.8) is 0 Å². The van der Waals surface area contributed by atoms with Crippen molar-refractivity contribution in [3.05, 3.63) is 83.8 Å². The number of allylic oxidation sites excluding steroid dienone is 1. The van der Waals surface area contributed by atoms with E-state index in [-0.39, 0.29) is 5.82 Å². The molecule has 1 saturated carbocycles. The predicted molar refractivity (Wildman–Crippen MR) is 109 cm³/mol. The first-order valence-electron chi connectivity index (χ1n) is 10.2. The van der Waals surface area contributed by atoms with Crippen molar-refractivity contribution in [1.82, 2.24) is 4.98 Å². The Hall–Kier alpha value is -2.68. The van der Waals surface area contributed by atoms with Crippen molar-refractivity contribution in [3.8, 4) is 11.1 Å². The van der Waals surface area contributed by atoms with Gasteiger partial charge in [-0.25, -0.2) is 4.39 Å². The summed E-state index contributed by atoms with van der Waals surface area (Å²) in [5.74, 6) is 1.67. The van der Waals surface area contributed by atoms with Crippen LogP contribution in [-0.2, 0) is 6.42 Å². The molecule has 3 unspecified atom stereocenters. The second-order valence-electron chi connectivity index (χ2n) is 8.13. The van der Waals surface area contributed by atoms with E-state index in [1.54, 1.807) is 6.07 Å². The maximum absolute atomic E-state index is 13.4. The summed E-state index contributed by atoms with van der Waals surface area (Å²) in [4.78, 5) is 4.58. The van der Waals surface area contributed by atoms with E-state index in [1.807, 2.05) is 36.9 Å². The van der Waals surface area contributed by atoms with Crippen LogP contribution in [0.5, 0.6) is 0 Å². The average Bonchev–Trinajstić information content (AvgIpc) is 3.20. The lowest BCUT2D eigenvalue weighted by atomic mass is 9.64. The zero-order chi connectivity index (χ0) is 18.9. The molecule has 0 aliphatic heterocycles. The Labute approximate surface area is 165 Å². The molecule has 142 valence electrons. The van der Waals surface area contributed by atoms with Gasteiger partial charge in [0.1, 0.15) is 5.82 Å². The molecule has 1 aromatic carbocycles. The topological polar surface area (TPSA) is 26.0 Å². The van der Waals surface area contributed by atoms with E-state index in [1.165, 1.54) is 55.4 Å². The van der Waals surface area contributed by atoms with Gasteiger partial charge in [0, 0.05) is 23.2 Å². The normalized spacial score (nSPS) is 24.1. The zero-order valence-electron chi connectivity index (χ0n) is 15.9. The van der Waals surface area contributed by atoms with Crippen LogP contribution in [0.4, 0.5) is 4.39 Å². The minimum Gasteiger partial charge on any atom is -0.472 e. The summed E-state index contributed by atoms with van der Waals surface area (Å²) in [6.07, 6.45) is 16.6. The van der Waals surface area contributed by atoms with E-state index < -0.39 is 0 Å². The number of aromatic nitrogens is 1. The van der Waals surface area contributed by atoms with Gasteiger partial charge in [-0.15, -0.1) is 0 Å². The summed E-state index contributed by atoms with van der Waals surface area (Å²) >= 11 is 0. The van der Waals surface area contributed by atoms with E-state index >= 15 is 0 Å². The molecule has 0 amide bonds. The Morgan fingerprint density at radius 3 is 2.82 bits per heavy atom. The molecular formula is C25H24FNO. The van der Waals surface area contributed by atoms with Crippen LogP contribution in [-0.4, -0.2) is 4.98 Å². The largest absolute Gasteiger partial charge is 0.472 e. The van der Waals surface area contributed by atoms with Crippen molar-refractivity contribution in [2.75, 3.05) is 0 Å². The molecule has 0 spiro atoms. The molecular weight excluding hydrogens is 349 g/mol. The second-order valence-corrected chi connectivity index (χ2v) is 8.13. The Morgan fingerprint density at radius 1 is 1.04 bits per heavy atom. The van der Waals surface area contributed by atoms with Crippen LogP contribution in [0.2, 0.25) is 0 Å². The van der Waals surface area contributed by atoms with Crippen LogP contribution < -0.4 is 0 Å². The summed E-state index contributed by atoms with van der Waals surface area (Å²) < 4.78 is 19.0. The summed E-state index contributed by atoms with van der Waals surface area (Å²) in [7, 11) is 0. The van der Waals surface area contributed by atoms with Gasteiger partial charge >= 0.3 is 0 Å². The molecule has 2 heterocycles. The Bertz CT molecular complexity index is 988. The smallest absolute Gasteiger partial charge is 0.123 e. The van der Waals surface area contributed by atoms with Crippen LogP contribution in [0.1, 0.15) is 48.4 Å². The molecule has 5 rings (SSSR count). The molecule has 0 saturated heterocycles. The molecule has 2 aliphatic carbocycles. The summed E-state index contributed by atoms with van der Waals surface area (Å²) in [6.45, 7) is 0. The van der Waals surface area contributed by atoms with Gasteiger partial charge in [-0.1, -0.05) is 37.1 Å². The third kappa shape index (κ3) is 3.30. The molecule has 0 N–H and O–H groups in total. The summed E-state index contributed by atoms with van der Waals surface area (Å²) in [5.41, 5.74) is 5.45. The van der Waals surface area contributed by atoms with E-state index in [0.717, 1.165) is 22.7 Å². The maximum atomic E-state index is 13.4. The SMILES string of the molecule is Fc1cccc(-c2ccc(/C=C/C3c4cocc4CC4CCCCC43)nc2)c1. The van der Waals surface area contributed by atoms with Gasteiger partial charge < -0.3 is 4.42 Å². The van der Waals surface area contributed by atoms with Gasteiger partial charge in [0.15, 0.2) is 0 Å². The van der Waals surface area contributed by atoms with Gasteiger partial charge in [0.2, 0.25) is 0 Å². The third-order valence-corrected chi connectivity index (χ3v) is 6.47. The molecule has 2 nitrogen and oxygen atoms in total. The van der Waals surface area contributed by atoms with E-state index in [9.17, 15) is 4.39 Å². The lowest BCUT2D eigenvalue weighted by Gasteiger charge is -2.40. The number of nitrogens with zero attached hydrogens (tertiary/aromatic N) is 1. The number of benzene rings is 1. The van der Waals surface area contributed by atoms with Crippen molar-refractivity contribution in [2.24, 2.45) is 11.8 Å². The number of hydrogen-bond acceptors (Lipinski definition) is 2. The average molecular weight is 373 g/mol. The quantitative estimate of drug-likeness (QED) is 0.514. The highest BCUT2D eigenvalue weighted by molar-refractivity contribution is 5.63. The monoisotopic (exact) mass is 373 g/mol. The van der Waals surface area contributed by atoms with Gasteiger partial charge in [-0.05, 0) is 66.5 Å². The van der Waals surface area contributed by atoms with Gasteiger partial charge in [0.05, 0.1) is 18.2 Å². The van der Waals surface area contributed by atoms with E-state index in [4.69, 9.17) is 4.42 Å². The first-order chi connectivity index (χ1) is 13.8. The first-order valence-corrected chi connectivity index (χ1v) is 10.2. The fraction of sp³-hybridized carbons (Fsp3) is 0.320. The van der Waals surface area contributed by atoms with Crippen molar-refractivity contribution in [2.45, 2.75) is 38.0 Å². The zero-order valence-corrected chi connectivity index (χ0v) is 15.9. The second kappa shape index (κ2) is 7.38. The molecule has 3 aromatic rings. The van der Waals surface area contributed by atoms with Gasteiger partial charge in [0.25, 0.3) is 0 Å². The number of pyridine rings is 1. The van der Waals surface area contributed by atoms with Crippen LogP contribution >= 0.6 is 0 Å². The predicted octanol–water partition coefficient (Wildman–Crippen LogP) is 6.64. The molecule has 0 radical (unpaired) electrons. The van der Waals surface area contributed by atoms with Crippen molar-refractivity contribution in [1.29, 1.82) is 0 Å². The lowest BCUT2D eigenvalue weighted by molar-refractivity contribution is 0.203. The fourth-order valence-electron chi connectivity index (χ4n) is 5.06. The van der Waals surface area contributed by atoms with E-state index in [0.29, 0.717) is 11.8 Å². The van der Waals surface area contributed by atoms with Crippen molar-refractivity contribution >= 4 is 6.08 Å². The minimum absolute atomic E-state index is 0.225. The first kappa shape index (κ1) is 17.4. The number of furan rings is 1. The molecule has 2 aliphatic rings.